The number of nitriles is 1. The van der Waals surface area contributed by atoms with Crippen LogP contribution in [0.5, 0.6) is 0 Å². The van der Waals surface area contributed by atoms with Gasteiger partial charge in [0.1, 0.15) is 17.2 Å². The molecule has 130 valence electrons. The van der Waals surface area contributed by atoms with E-state index in [9.17, 15) is 9.18 Å². The van der Waals surface area contributed by atoms with Crippen molar-refractivity contribution in [3.63, 3.8) is 0 Å². The molecule has 0 bridgehead atoms. The predicted octanol–water partition coefficient (Wildman–Crippen LogP) is 3.45. The SMILES string of the molecule is Cn1nc(C2CCC(C#N)C2)c(C(=O)Nc2ccc(F)c(Cl)c2)c1N. The molecule has 1 fully saturated rings. The van der Waals surface area contributed by atoms with Crippen LogP contribution >= 0.6 is 11.6 Å². The highest BCUT2D eigenvalue weighted by atomic mass is 35.5. The number of rotatable bonds is 3. The van der Waals surface area contributed by atoms with Gasteiger partial charge in [-0.2, -0.15) is 10.4 Å². The molecule has 25 heavy (non-hydrogen) atoms. The highest BCUT2D eigenvalue weighted by Gasteiger charge is 2.33. The zero-order valence-corrected chi connectivity index (χ0v) is 14.3. The summed E-state index contributed by atoms with van der Waals surface area (Å²) in [5.41, 5.74) is 7.30. The van der Waals surface area contributed by atoms with Crippen LogP contribution in [0, 0.1) is 23.1 Å². The maximum Gasteiger partial charge on any atom is 0.261 e. The fourth-order valence-corrected chi connectivity index (χ4v) is 3.37. The van der Waals surface area contributed by atoms with E-state index in [0.717, 1.165) is 12.8 Å². The molecule has 0 aliphatic heterocycles. The van der Waals surface area contributed by atoms with Gasteiger partial charge in [0.15, 0.2) is 0 Å². The van der Waals surface area contributed by atoms with Crippen molar-refractivity contribution in [1.29, 1.82) is 5.26 Å². The predicted molar refractivity (Wildman–Crippen MR) is 92.7 cm³/mol. The number of hydrogen-bond donors (Lipinski definition) is 2. The highest BCUT2D eigenvalue weighted by Crippen LogP contribution is 2.40. The number of nitrogen functional groups attached to an aromatic ring is 1. The first-order valence-corrected chi connectivity index (χ1v) is 8.27. The van der Waals surface area contributed by atoms with Crippen LogP contribution < -0.4 is 11.1 Å². The summed E-state index contributed by atoms with van der Waals surface area (Å²) < 4.78 is 14.7. The van der Waals surface area contributed by atoms with Crippen molar-refractivity contribution in [3.05, 3.63) is 40.3 Å². The lowest BCUT2D eigenvalue weighted by atomic mass is 9.98. The molecule has 0 spiro atoms. The Morgan fingerprint density at radius 2 is 2.28 bits per heavy atom. The molecule has 1 aliphatic carbocycles. The van der Waals surface area contributed by atoms with E-state index < -0.39 is 11.7 Å². The quantitative estimate of drug-likeness (QED) is 0.874. The molecular formula is C17H17ClFN5O. The van der Waals surface area contributed by atoms with E-state index in [1.165, 1.54) is 22.9 Å². The first-order valence-electron chi connectivity index (χ1n) is 7.89. The number of benzene rings is 1. The molecule has 1 aromatic heterocycles. The Labute approximate surface area is 149 Å². The summed E-state index contributed by atoms with van der Waals surface area (Å²) in [4.78, 5) is 12.7. The molecule has 1 saturated carbocycles. The van der Waals surface area contributed by atoms with Gasteiger partial charge >= 0.3 is 0 Å². The third kappa shape index (κ3) is 3.30. The largest absolute Gasteiger partial charge is 0.383 e. The van der Waals surface area contributed by atoms with Crippen LogP contribution in [0.25, 0.3) is 0 Å². The summed E-state index contributed by atoms with van der Waals surface area (Å²) in [6, 6.07) is 6.21. The van der Waals surface area contributed by atoms with Crippen LogP contribution in [0.15, 0.2) is 18.2 Å². The van der Waals surface area contributed by atoms with E-state index in [-0.39, 0.29) is 22.7 Å². The average Bonchev–Trinajstić information content (AvgIpc) is 3.16. The summed E-state index contributed by atoms with van der Waals surface area (Å²) in [7, 11) is 1.67. The molecule has 1 aliphatic rings. The molecule has 6 nitrogen and oxygen atoms in total. The van der Waals surface area contributed by atoms with E-state index in [0.29, 0.717) is 23.4 Å². The number of hydrogen-bond acceptors (Lipinski definition) is 4. The Hall–Kier alpha value is -2.59. The van der Waals surface area contributed by atoms with Gasteiger partial charge in [0.25, 0.3) is 5.91 Å². The second-order valence-corrected chi connectivity index (χ2v) is 6.60. The molecule has 0 saturated heterocycles. The van der Waals surface area contributed by atoms with Gasteiger partial charge in [-0.3, -0.25) is 9.48 Å². The molecule has 1 heterocycles. The van der Waals surface area contributed by atoms with Crippen molar-refractivity contribution >= 4 is 29.0 Å². The number of carbonyl (C=O) groups is 1. The summed E-state index contributed by atoms with van der Waals surface area (Å²) in [6.07, 6.45) is 2.24. The number of aromatic nitrogens is 2. The number of aryl methyl sites for hydroxylation is 1. The van der Waals surface area contributed by atoms with Gasteiger partial charge in [0, 0.05) is 24.6 Å². The minimum atomic E-state index is -0.560. The van der Waals surface area contributed by atoms with Crippen LogP contribution in [0.4, 0.5) is 15.9 Å². The van der Waals surface area contributed by atoms with Crippen molar-refractivity contribution in [2.75, 3.05) is 11.1 Å². The highest BCUT2D eigenvalue weighted by molar-refractivity contribution is 6.31. The smallest absolute Gasteiger partial charge is 0.261 e. The van der Waals surface area contributed by atoms with E-state index in [1.54, 1.807) is 7.05 Å². The Morgan fingerprint density at radius 1 is 1.52 bits per heavy atom. The van der Waals surface area contributed by atoms with E-state index in [4.69, 9.17) is 22.6 Å². The summed E-state index contributed by atoms with van der Waals surface area (Å²) in [5.74, 6) is -0.745. The minimum Gasteiger partial charge on any atom is -0.383 e. The van der Waals surface area contributed by atoms with E-state index in [1.807, 2.05) is 0 Å². The molecule has 2 aromatic rings. The molecular weight excluding hydrogens is 345 g/mol. The first kappa shape index (κ1) is 17.2. The summed E-state index contributed by atoms with van der Waals surface area (Å²) >= 11 is 5.75. The van der Waals surface area contributed by atoms with Crippen molar-refractivity contribution in [1.82, 2.24) is 9.78 Å². The Bertz CT molecular complexity index is 873. The van der Waals surface area contributed by atoms with Crippen LogP contribution in [0.3, 0.4) is 0 Å². The maximum absolute atomic E-state index is 13.3. The van der Waals surface area contributed by atoms with Crippen molar-refractivity contribution in [2.24, 2.45) is 13.0 Å². The lowest BCUT2D eigenvalue weighted by Crippen LogP contribution is -2.16. The molecule has 2 unspecified atom stereocenters. The Kier molecular flexibility index (Phi) is 4.64. The van der Waals surface area contributed by atoms with Crippen molar-refractivity contribution < 1.29 is 9.18 Å². The topological polar surface area (TPSA) is 96.7 Å². The van der Waals surface area contributed by atoms with Crippen LogP contribution in [-0.2, 0) is 7.05 Å². The molecule has 3 N–H and O–H groups in total. The number of carbonyl (C=O) groups excluding carboxylic acids is 1. The van der Waals surface area contributed by atoms with Crippen molar-refractivity contribution in [2.45, 2.75) is 25.2 Å². The van der Waals surface area contributed by atoms with Crippen molar-refractivity contribution in [3.8, 4) is 6.07 Å². The second kappa shape index (κ2) is 6.73. The minimum absolute atomic E-state index is 0.0192. The lowest BCUT2D eigenvalue weighted by molar-refractivity contribution is 0.102. The van der Waals surface area contributed by atoms with Crippen LogP contribution in [0.1, 0.15) is 41.2 Å². The number of nitrogens with two attached hydrogens (primary N) is 1. The molecule has 2 atom stereocenters. The molecule has 3 rings (SSSR count). The number of halogens is 2. The maximum atomic E-state index is 13.3. The van der Waals surface area contributed by atoms with Gasteiger partial charge in [-0.15, -0.1) is 0 Å². The standard InChI is InChI=1S/C17H17ClFN5O/c1-24-16(21)14(15(23-24)10-3-2-9(6-10)8-20)17(25)22-11-4-5-13(19)12(18)7-11/h4-5,7,9-10H,2-3,6,21H2,1H3,(H,22,25). The Morgan fingerprint density at radius 3 is 2.92 bits per heavy atom. The average molecular weight is 362 g/mol. The van der Waals surface area contributed by atoms with Gasteiger partial charge in [-0.25, -0.2) is 4.39 Å². The van der Waals surface area contributed by atoms with Crippen LogP contribution in [-0.4, -0.2) is 15.7 Å². The molecule has 8 heteroatoms. The molecule has 1 amide bonds. The first-order chi connectivity index (χ1) is 11.9. The number of nitrogens with zero attached hydrogens (tertiary/aromatic N) is 3. The fraction of sp³-hybridized carbons (Fsp3) is 0.353. The number of anilines is 2. The van der Waals surface area contributed by atoms with E-state index >= 15 is 0 Å². The third-order valence-electron chi connectivity index (χ3n) is 4.53. The third-order valence-corrected chi connectivity index (χ3v) is 4.81. The van der Waals surface area contributed by atoms with Gasteiger partial charge in [-0.05, 0) is 37.5 Å². The number of amides is 1. The summed E-state index contributed by atoms with van der Waals surface area (Å²) in [5, 5.41) is 16.1. The van der Waals surface area contributed by atoms with Gasteiger partial charge in [0.2, 0.25) is 0 Å². The monoisotopic (exact) mass is 361 g/mol. The van der Waals surface area contributed by atoms with Gasteiger partial charge in [0.05, 0.1) is 16.8 Å². The second-order valence-electron chi connectivity index (χ2n) is 6.19. The molecule has 1 aromatic carbocycles. The zero-order chi connectivity index (χ0) is 18.1. The van der Waals surface area contributed by atoms with Crippen LogP contribution in [0.2, 0.25) is 5.02 Å². The van der Waals surface area contributed by atoms with E-state index in [2.05, 4.69) is 16.5 Å². The zero-order valence-electron chi connectivity index (χ0n) is 13.6. The van der Waals surface area contributed by atoms with Gasteiger partial charge in [-0.1, -0.05) is 11.6 Å². The fourth-order valence-electron chi connectivity index (χ4n) is 3.19. The van der Waals surface area contributed by atoms with Gasteiger partial charge < -0.3 is 11.1 Å². The summed E-state index contributed by atoms with van der Waals surface area (Å²) in [6.45, 7) is 0. The normalized spacial score (nSPS) is 19.6. The number of nitrogens with one attached hydrogen (secondary N) is 1. The molecule has 0 radical (unpaired) electrons. The Balaban J connectivity index is 1.89. The lowest BCUT2D eigenvalue weighted by Gasteiger charge is -2.10.